The van der Waals surface area contributed by atoms with E-state index in [2.05, 4.69) is 45.9 Å². The molecular weight excluding hydrogens is 162 g/mol. The van der Waals surface area contributed by atoms with Crippen molar-refractivity contribution < 1.29 is 0 Å². The summed E-state index contributed by atoms with van der Waals surface area (Å²) in [5.74, 6) is 0. The van der Waals surface area contributed by atoms with Gasteiger partial charge in [-0.3, -0.25) is 4.67 Å². The fourth-order valence-corrected chi connectivity index (χ4v) is 1.81. The monoisotopic (exact) mass is 178 g/mol. The van der Waals surface area contributed by atoms with Crippen LogP contribution in [0.1, 0.15) is 27.7 Å². The summed E-state index contributed by atoms with van der Waals surface area (Å²) in [6.45, 7) is 8.74. The predicted octanol–water partition coefficient (Wildman–Crippen LogP) is 2.94. The van der Waals surface area contributed by atoms with E-state index in [1.165, 1.54) is 0 Å². The van der Waals surface area contributed by atoms with E-state index in [1.807, 2.05) is 0 Å². The topological polar surface area (TPSA) is 15.6 Å². The van der Waals surface area contributed by atoms with Gasteiger partial charge in [-0.05, 0) is 36.7 Å². The molecule has 0 rings (SSSR count). The molecule has 0 N–H and O–H groups in total. The first-order chi connectivity index (χ1) is 4.59. The maximum atomic E-state index is 3.94. The summed E-state index contributed by atoms with van der Waals surface area (Å²) in [6, 6.07) is 1.16. The SMILES string of the molecule is CC(C)N(PN=P)C(C)C. The normalized spacial score (nSPS) is 12.7. The highest BCUT2D eigenvalue weighted by molar-refractivity contribution is 7.38. The minimum atomic E-state index is 0.539. The van der Waals surface area contributed by atoms with Crippen LogP contribution in [0.5, 0.6) is 0 Å². The summed E-state index contributed by atoms with van der Waals surface area (Å²) in [5, 5.41) is 0. The van der Waals surface area contributed by atoms with Crippen LogP contribution < -0.4 is 0 Å². The fraction of sp³-hybridized carbons (Fsp3) is 1.00. The Morgan fingerprint density at radius 2 is 1.60 bits per heavy atom. The molecule has 2 nitrogen and oxygen atoms in total. The molecule has 0 saturated carbocycles. The molecule has 0 aromatic carbocycles. The van der Waals surface area contributed by atoms with Gasteiger partial charge >= 0.3 is 0 Å². The van der Waals surface area contributed by atoms with Gasteiger partial charge in [0.25, 0.3) is 0 Å². The van der Waals surface area contributed by atoms with Crippen LogP contribution in [0.15, 0.2) is 4.52 Å². The minimum absolute atomic E-state index is 0.539. The first kappa shape index (κ1) is 10.5. The second-order valence-corrected chi connectivity index (χ2v) is 4.42. The molecule has 0 aliphatic carbocycles. The van der Waals surface area contributed by atoms with Gasteiger partial charge in [-0.2, -0.15) is 0 Å². The number of nitrogens with zero attached hydrogens (tertiary/aromatic N) is 2. The molecule has 0 aromatic rings. The average Bonchev–Trinajstić information content (AvgIpc) is 1.81. The van der Waals surface area contributed by atoms with Crippen molar-refractivity contribution in [1.82, 2.24) is 4.67 Å². The van der Waals surface area contributed by atoms with Crippen molar-refractivity contribution in [2.45, 2.75) is 39.8 Å². The van der Waals surface area contributed by atoms with Gasteiger partial charge in [0.2, 0.25) is 0 Å². The third-order valence-corrected chi connectivity index (χ3v) is 2.94. The van der Waals surface area contributed by atoms with E-state index in [0.29, 0.717) is 21.0 Å². The van der Waals surface area contributed by atoms with E-state index >= 15 is 0 Å². The van der Waals surface area contributed by atoms with E-state index in [-0.39, 0.29) is 0 Å². The first-order valence-corrected chi connectivity index (χ1v) is 4.84. The Morgan fingerprint density at radius 3 is 1.70 bits per heavy atom. The van der Waals surface area contributed by atoms with Gasteiger partial charge in [-0.1, -0.05) is 0 Å². The molecule has 60 valence electrons. The van der Waals surface area contributed by atoms with Gasteiger partial charge in [-0.25, -0.2) is 4.52 Å². The maximum Gasteiger partial charge on any atom is 0.0795 e. The van der Waals surface area contributed by atoms with Crippen LogP contribution in [-0.2, 0) is 0 Å². The molecule has 0 heterocycles. The molecule has 0 aromatic heterocycles. The predicted molar refractivity (Wildman–Crippen MR) is 51.2 cm³/mol. The Hall–Kier alpha value is 0.490. The summed E-state index contributed by atoms with van der Waals surface area (Å²) in [6.07, 6.45) is 0. The molecule has 4 heteroatoms. The molecular formula is C6H16N2P2. The van der Waals surface area contributed by atoms with Crippen molar-refractivity contribution in [3.63, 3.8) is 0 Å². The molecule has 0 radical (unpaired) electrons. The van der Waals surface area contributed by atoms with Crippen LogP contribution >= 0.6 is 17.9 Å². The molecule has 0 fully saturated rings. The molecule has 0 saturated heterocycles. The van der Waals surface area contributed by atoms with Crippen molar-refractivity contribution >= 4 is 17.9 Å². The van der Waals surface area contributed by atoms with Gasteiger partial charge in [0.1, 0.15) is 0 Å². The molecule has 1 atom stereocenters. The number of rotatable bonds is 4. The Labute approximate surface area is 67.6 Å². The third kappa shape index (κ3) is 3.61. The molecule has 0 amide bonds. The average molecular weight is 178 g/mol. The van der Waals surface area contributed by atoms with Crippen LogP contribution in [0, 0.1) is 0 Å². The Morgan fingerprint density at radius 1 is 1.20 bits per heavy atom. The summed E-state index contributed by atoms with van der Waals surface area (Å²) < 4.78 is 6.26. The Balaban J connectivity index is 3.84. The van der Waals surface area contributed by atoms with Gasteiger partial charge in [0, 0.05) is 12.1 Å². The van der Waals surface area contributed by atoms with Crippen LogP contribution in [-0.4, -0.2) is 16.8 Å². The van der Waals surface area contributed by atoms with Gasteiger partial charge in [0.05, 0.1) is 8.88 Å². The van der Waals surface area contributed by atoms with Crippen molar-refractivity contribution in [3.8, 4) is 0 Å². The third-order valence-electron chi connectivity index (χ3n) is 1.28. The van der Waals surface area contributed by atoms with Crippen LogP contribution in [0.3, 0.4) is 0 Å². The van der Waals surface area contributed by atoms with Crippen molar-refractivity contribution in [1.29, 1.82) is 0 Å². The fourth-order valence-electron chi connectivity index (χ4n) is 0.885. The minimum Gasteiger partial charge on any atom is -0.261 e. The molecule has 0 aliphatic heterocycles. The van der Waals surface area contributed by atoms with Crippen LogP contribution in [0.25, 0.3) is 0 Å². The first-order valence-electron chi connectivity index (χ1n) is 3.50. The van der Waals surface area contributed by atoms with E-state index in [9.17, 15) is 0 Å². The zero-order chi connectivity index (χ0) is 8.15. The highest BCUT2D eigenvalue weighted by atomic mass is 31.1. The maximum absolute atomic E-state index is 3.94. The van der Waals surface area contributed by atoms with Gasteiger partial charge in [0.15, 0.2) is 0 Å². The number of hydrogen-bond acceptors (Lipinski definition) is 2. The number of hydrogen-bond donors (Lipinski definition) is 0. The van der Waals surface area contributed by atoms with E-state index in [4.69, 9.17) is 0 Å². The van der Waals surface area contributed by atoms with Crippen molar-refractivity contribution in [2.75, 3.05) is 0 Å². The summed E-state index contributed by atoms with van der Waals surface area (Å²) in [7, 11) is 3.67. The molecule has 0 aliphatic rings. The van der Waals surface area contributed by atoms with E-state index in [1.54, 1.807) is 0 Å². The smallest absolute Gasteiger partial charge is 0.0795 e. The van der Waals surface area contributed by atoms with E-state index < -0.39 is 0 Å². The quantitative estimate of drug-likeness (QED) is 0.604. The largest absolute Gasteiger partial charge is 0.261 e. The lowest BCUT2D eigenvalue weighted by Crippen LogP contribution is -2.28. The second kappa shape index (κ2) is 5.18. The Bertz CT molecular complexity index is 95.9. The lowest BCUT2D eigenvalue weighted by molar-refractivity contribution is 0.329. The second-order valence-electron chi connectivity index (χ2n) is 2.81. The highest BCUT2D eigenvalue weighted by Gasteiger charge is 2.11. The van der Waals surface area contributed by atoms with Crippen molar-refractivity contribution in [3.05, 3.63) is 0 Å². The standard InChI is InChI=1S/C6H16N2P2/c1-5(2)8(6(3)4)10-7-9/h5-6,9-10H,1-4H3. The van der Waals surface area contributed by atoms with Crippen LogP contribution in [0.4, 0.5) is 0 Å². The lowest BCUT2D eigenvalue weighted by Gasteiger charge is -2.27. The van der Waals surface area contributed by atoms with Gasteiger partial charge < -0.3 is 0 Å². The zero-order valence-corrected chi connectivity index (χ0v) is 9.05. The molecule has 10 heavy (non-hydrogen) atoms. The lowest BCUT2D eigenvalue weighted by atomic mass is 10.3. The van der Waals surface area contributed by atoms with Gasteiger partial charge in [-0.15, -0.1) is 0 Å². The summed E-state index contributed by atoms with van der Waals surface area (Å²) >= 11 is 0. The highest BCUT2D eigenvalue weighted by Crippen LogP contribution is 2.26. The van der Waals surface area contributed by atoms with Crippen LogP contribution in [0.2, 0.25) is 0 Å². The zero-order valence-electron chi connectivity index (χ0n) is 7.05. The molecule has 1 unspecified atom stereocenters. The summed E-state index contributed by atoms with van der Waals surface area (Å²) in [4.78, 5) is 0. The Kier molecular flexibility index (Phi) is 5.44. The molecule has 0 bridgehead atoms. The molecule has 0 spiro atoms. The van der Waals surface area contributed by atoms with E-state index in [0.717, 1.165) is 0 Å². The summed E-state index contributed by atoms with van der Waals surface area (Å²) in [5.41, 5.74) is 0. The van der Waals surface area contributed by atoms with Crippen molar-refractivity contribution in [2.24, 2.45) is 4.52 Å².